The first-order chi connectivity index (χ1) is 8.71. The van der Waals surface area contributed by atoms with E-state index in [1.807, 2.05) is 23.9 Å². The Morgan fingerprint density at radius 2 is 1.94 bits per heavy atom. The lowest BCUT2D eigenvalue weighted by Gasteiger charge is -2.14. The zero-order valence-electron chi connectivity index (χ0n) is 11.7. The molecular formula is C14H23NO2S. The summed E-state index contributed by atoms with van der Waals surface area (Å²) in [7, 11) is 3.31. The summed E-state index contributed by atoms with van der Waals surface area (Å²) >= 11 is 1.96. The van der Waals surface area contributed by atoms with Gasteiger partial charge in [-0.25, -0.2) is 0 Å². The fraction of sp³-hybridized carbons (Fsp3) is 0.571. The van der Waals surface area contributed by atoms with E-state index >= 15 is 0 Å². The van der Waals surface area contributed by atoms with Gasteiger partial charge in [0.2, 0.25) is 0 Å². The quantitative estimate of drug-likeness (QED) is 0.786. The average molecular weight is 269 g/mol. The third-order valence-corrected chi connectivity index (χ3v) is 3.82. The molecule has 1 aromatic carbocycles. The average Bonchev–Trinajstić information content (AvgIpc) is 2.42. The van der Waals surface area contributed by atoms with Crippen LogP contribution in [0, 0.1) is 0 Å². The van der Waals surface area contributed by atoms with Crippen molar-refractivity contribution in [3.05, 3.63) is 23.8 Å². The zero-order chi connectivity index (χ0) is 13.4. The Morgan fingerprint density at radius 1 is 1.22 bits per heavy atom. The fourth-order valence-electron chi connectivity index (χ4n) is 1.64. The summed E-state index contributed by atoms with van der Waals surface area (Å²) in [4.78, 5) is 0. The van der Waals surface area contributed by atoms with Crippen molar-refractivity contribution in [1.29, 1.82) is 0 Å². The number of benzene rings is 1. The van der Waals surface area contributed by atoms with Gasteiger partial charge in [0, 0.05) is 18.3 Å². The minimum atomic E-state index is 0.517. The third-order valence-electron chi connectivity index (χ3n) is 2.67. The van der Waals surface area contributed by atoms with Crippen LogP contribution in [0.5, 0.6) is 11.5 Å². The van der Waals surface area contributed by atoms with Crippen LogP contribution in [0.1, 0.15) is 19.4 Å². The summed E-state index contributed by atoms with van der Waals surface area (Å²) in [6.45, 7) is 5.25. The molecule has 102 valence electrons. The van der Waals surface area contributed by atoms with Gasteiger partial charge in [-0.15, -0.1) is 0 Å². The van der Waals surface area contributed by atoms with Crippen molar-refractivity contribution < 1.29 is 9.47 Å². The Balaban J connectivity index is 2.52. The molecule has 0 amide bonds. The number of rotatable bonds is 8. The lowest BCUT2D eigenvalue weighted by atomic mass is 10.2. The molecule has 1 unspecified atom stereocenters. The van der Waals surface area contributed by atoms with Gasteiger partial charge < -0.3 is 14.8 Å². The number of ether oxygens (including phenoxy) is 2. The molecule has 1 aromatic rings. The number of hydrogen-bond donors (Lipinski definition) is 1. The summed E-state index contributed by atoms with van der Waals surface area (Å²) < 4.78 is 10.5. The van der Waals surface area contributed by atoms with Gasteiger partial charge in [-0.1, -0.05) is 13.0 Å². The van der Waals surface area contributed by atoms with Crippen LogP contribution in [-0.4, -0.2) is 31.8 Å². The van der Waals surface area contributed by atoms with E-state index in [1.165, 1.54) is 11.3 Å². The monoisotopic (exact) mass is 269 g/mol. The summed E-state index contributed by atoms with van der Waals surface area (Å²) in [6.07, 6.45) is 0. The Bertz CT molecular complexity index is 358. The standard InChI is InChI=1S/C14H23NO2S/c1-5-18-10-11(2)15-9-12-6-7-13(16-3)14(8-12)17-4/h6-8,11,15H,5,9-10H2,1-4H3. The van der Waals surface area contributed by atoms with Crippen LogP contribution in [0.4, 0.5) is 0 Å². The molecule has 1 atom stereocenters. The Morgan fingerprint density at radius 3 is 2.56 bits per heavy atom. The Kier molecular flexibility index (Phi) is 6.98. The van der Waals surface area contributed by atoms with Crippen molar-refractivity contribution in [2.24, 2.45) is 0 Å². The molecule has 0 aliphatic carbocycles. The third kappa shape index (κ3) is 4.78. The van der Waals surface area contributed by atoms with Crippen LogP contribution in [0.25, 0.3) is 0 Å². The first kappa shape index (κ1) is 15.2. The molecule has 0 aromatic heterocycles. The van der Waals surface area contributed by atoms with Crippen molar-refractivity contribution >= 4 is 11.8 Å². The highest BCUT2D eigenvalue weighted by atomic mass is 32.2. The zero-order valence-corrected chi connectivity index (χ0v) is 12.5. The van der Waals surface area contributed by atoms with Crippen molar-refractivity contribution in [2.75, 3.05) is 25.7 Å². The van der Waals surface area contributed by atoms with E-state index in [0.717, 1.165) is 23.8 Å². The molecule has 1 rings (SSSR count). The van der Waals surface area contributed by atoms with Crippen LogP contribution in [0.3, 0.4) is 0 Å². The van der Waals surface area contributed by atoms with Gasteiger partial charge in [0.05, 0.1) is 14.2 Å². The molecule has 0 radical (unpaired) electrons. The van der Waals surface area contributed by atoms with E-state index in [0.29, 0.717) is 6.04 Å². The van der Waals surface area contributed by atoms with Gasteiger partial charge in [0.1, 0.15) is 0 Å². The summed E-state index contributed by atoms with van der Waals surface area (Å²) in [5.41, 5.74) is 1.21. The molecule has 0 saturated carbocycles. The first-order valence-corrected chi connectivity index (χ1v) is 7.38. The van der Waals surface area contributed by atoms with Gasteiger partial charge in [-0.2, -0.15) is 11.8 Å². The lowest BCUT2D eigenvalue weighted by Crippen LogP contribution is -2.27. The number of thioether (sulfide) groups is 1. The van der Waals surface area contributed by atoms with Crippen molar-refractivity contribution in [3.63, 3.8) is 0 Å². The predicted molar refractivity (Wildman–Crippen MR) is 78.8 cm³/mol. The number of methoxy groups -OCH3 is 2. The summed E-state index contributed by atoms with van der Waals surface area (Å²) in [5.74, 6) is 3.87. The maximum Gasteiger partial charge on any atom is 0.161 e. The van der Waals surface area contributed by atoms with Crippen LogP contribution >= 0.6 is 11.8 Å². The fourth-order valence-corrected chi connectivity index (χ4v) is 2.34. The molecule has 0 bridgehead atoms. The topological polar surface area (TPSA) is 30.5 Å². The van der Waals surface area contributed by atoms with E-state index in [9.17, 15) is 0 Å². The van der Waals surface area contributed by atoms with Crippen molar-refractivity contribution in [1.82, 2.24) is 5.32 Å². The minimum absolute atomic E-state index is 0.517. The molecule has 4 heteroatoms. The summed E-state index contributed by atoms with van der Waals surface area (Å²) in [5, 5.41) is 3.51. The predicted octanol–water partition coefficient (Wildman–Crippen LogP) is 2.94. The van der Waals surface area contributed by atoms with Crippen LogP contribution in [0.2, 0.25) is 0 Å². The highest BCUT2D eigenvalue weighted by molar-refractivity contribution is 7.99. The Hall–Kier alpha value is -0.870. The van der Waals surface area contributed by atoms with Crippen LogP contribution in [-0.2, 0) is 6.54 Å². The normalized spacial score (nSPS) is 12.2. The maximum absolute atomic E-state index is 5.29. The molecule has 0 fully saturated rings. The number of nitrogens with one attached hydrogen (secondary N) is 1. The van der Waals surface area contributed by atoms with Gasteiger partial charge in [-0.05, 0) is 30.4 Å². The SMILES string of the molecule is CCSCC(C)NCc1ccc(OC)c(OC)c1. The second kappa shape index (κ2) is 8.27. The molecule has 0 aliphatic rings. The van der Waals surface area contributed by atoms with Crippen molar-refractivity contribution in [2.45, 2.75) is 26.4 Å². The smallest absolute Gasteiger partial charge is 0.161 e. The van der Waals surface area contributed by atoms with E-state index in [-0.39, 0.29) is 0 Å². The van der Waals surface area contributed by atoms with Crippen molar-refractivity contribution in [3.8, 4) is 11.5 Å². The van der Waals surface area contributed by atoms with E-state index in [4.69, 9.17) is 9.47 Å². The van der Waals surface area contributed by atoms with Crippen LogP contribution < -0.4 is 14.8 Å². The largest absolute Gasteiger partial charge is 0.493 e. The molecule has 0 heterocycles. The lowest BCUT2D eigenvalue weighted by molar-refractivity contribution is 0.354. The second-order valence-electron chi connectivity index (χ2n) is 4.13. The van der Waals surface area contributed by atoms with Gasteiger partial charge >= 0.3 is 0 Å². The van der Waals surface area contributed by atoms with E-state index in [2.05, 4.69) is 25.2 Å². The molecule has 0 spiro atoms. The number of hydrogen-bond acceptors (Lipinski definition) is 4. The molecular weight excluding hydrogens is 246 g/mol. The van der Waals surface area contributed by atoms with Gasteiger partial charge in [0.15, 0.2) is 11.5 Å². The molecule has 1 N–H and O–H groups in total. The highest BCUT2D eigenvalue weighted by Gasteiger charge is 2.06. The van der Waals surface area contributed by atoms with Crippen LogP contribution in [0.15, 0.2) is 18.2 Å². The first-order valence-electron chi connectivity index (χ1n) is 6.23. The maximum atomic E-state index is 5.29. The molecule has 18 heavy (non-hydrogen) atoms. The van der Waals surface area contributed by atoms with E-state index < -0.39 is 0 Å². The Labute approximate surface area is 114 Å². The summed E-state index contributed by atoms with van der Waals surface area (Å²) in [6, 6.07) is 6.55. The van der Waals surface area contributed by atoms with E-state index in [1.54, 1.807) is 14.2 Å². The minimum Gasteiger partial charge on any atom is -0.493 e. The molecule has 0 aliphatic heterocycles. The second-order valence-corrected chi connectivity index (χ2v) is 5.45. The van der Waals surface area contributed by atoms with Gasteiger partial charge in [0.25, 0.3) is 0 Å². The molecule has 0 saturated heterocycles. The molecule has 3 nitrogen and oxygen atoms in total. The van der Waals surface area contributed by atoms with Gasteiger partial charge in [-0.3, -0.25) is 0 Å². The highest BCUT2D eigenvalue weighted by Crippen LogP contribution is 2.27.